The Hall–Kier alpha value is -0.680. The van der Waals surface area contributed by atoms with Crippen LogP contribution < -0.4 is 0 Å². The highest BCUT2D eigenvalue weighted by molar-refractivity contribution is 7.56. The van der Waals surface area contributed by atoms with Crippen molar-refractivity contribution < 1.29 is 28.3 Å². The largest absolute Gasteiger partial charge is 0.460 e. The van der Waals surface area contributed by atoms with Crippen LogP contribution in [0, 0.1) is 5.92 Å². The summed E-state index contributed by atoms with van der Waals surface area (Å²) in [4.78, 5) is 12.7. The number of ether oxygens (including phenoxy) is 1. The maximum Gasteiger partial charge on any atom is 0.378 e. The minimum absolute atomic E-state index is 0.230. The van der Waals surface area contributed by atoms with Gasteiger partial charge < -0.3 is 18.9 Å². The molecule has 1 fully saturated rings. The monoisotopic (exact) mass is 390 g/mol. The number of aliphatic hydroxyl groups is 1. The first-order chi connectivity index (χ1) is 12.0. The molecule has 0 amide bonds. The lowest BCUT2D eigenvalue weighted by molar-refractivity contribution is -0.159. The standard InChI is InChI=1S/C19H35O6P/c1-14(2)23-18(20)19(21,13-12-17-10-8-7-9-11-17)26(22,24-15(3)4)25-16(5)6/h12-17,21H,7-11H2,1-6H3/b13-12+. The van der Waals surface area contributed by atoms with Crippen LogP contribution in [0.4, 0.5) is 0 Å². The molecule has 6 nitrogen and oxygen atoms in total. The Morgan fingerprint density at radius 2 is 1.50 bits per heavy atom. The zero-order chi connectivity index (χ0) is 20.0. The summed E-state index contributed by atoms with van der Waals surface area (Å²) >= 11 is 0. The van der Waals surface area contributed by atoms with Gasteiger partial charge in [0.1, 0.15) is 0 Å². The molecule has 1 rings (SSSR count). The van der Waals surface area contributed by atoms with Crippen molar-refractivity contribution in [3.05, 3.63) is 12.2 Å². The van der Waals surface area contributed by atoms with Gasteiger partial charge in [-0.2, -0.15) is 0 Å². The van der Waals surface area contributed by atoms with E-state index in [0.717, 1.165) is 25.7 Å². The number of rotatable bonds is 9. The van der Waals surface area contributed by atoms with E-state index in [1.807, 2.05) is 0 Å². The van der Waals surface area contributed by atoms with Crippen molar-refractivity contribution in [2.45, 2.75) is 97.3 Å². The molecular weight excluding hydrogens is 355 g/mol. The first-order valence-corrected chi connectivity index (χ1v) is 11.1. The van der Waals surface area contributed by atoms with Crippen molar-refractivity contribution >= 4 is 13.6 Å². The molecule has 7 heteroatoms. The Morgan fingerprint density at radius 3 is 1.92 bits per heavy atom. The van der Waals surface area contributed by atoms with Gasteiger partial charge in [-0.05, 0) is 66.4 Å². The van der Waals surface area contributed by atoms with E-state index in [-0.39, 0.29) is 5.92 Å². The van der Waals surface area contributed by atoms with Crippen LogP contribution in [0.25, 0.3) is 0 Å². The van der Waals surface area contributed by atoms with Gasteiger partial charge in [-0.25, -0.2) is 4.79 Å². The van der Waals surface area contributed by atoms with E-state index in [4.69, 9.17) is 13.8 Å². The van der Waals surface area contributed by atoms with Gasteiger partial charge >= 0.3 is 13.6 Å². The number of allylic oxidation sites excluding steroid dienone is 1. The molecular formula is C19H35O6P. The van der Waals surface area contributed by atoms with Gasteiger partial charge in [0, 0.05) is 0 Å². The molecule has 0 aromatic rings. The Labute approximate surface area is 157 Å². The Bertz CT molecular complexity index is 508. The summed E-state index contributed by atoms with van der Waals surface area (Å²) in [5, 5.41) is 8.73. The van der Waals surface area contributed by atoms with Gasteiger partial charge in [0.05, 0.1) is 18.3 Å². The fourth-order valence-electron chi connectivity index (χ4n) is 2.91. The zero-order valence-corrected chi connectivity index (χ0v) is 17.8. The fraction of sp³-hybridized carbons (Fsp3) is 0.842. The highest BCUT2D eigenvalue weighted by Gasteiger charge is 2.57. The minimum atomic E-state index is -4.24. The molecule has 0 saturated heterocycles. The lowest BCUT2D eigenvalue weighted by atomic mass is 9.89. The highest BCUT2D eigenvalue weighted by Crippen LogP contribution is 2.61. The second-order valence-electron chi connectivity index (χ2n) is 7.74. The van der Waals surface area contributed by atoms with Crippen LogP contribution in [0.3, 0.4) is 0 Å². The molecule has 0 aliphatic heterocycles. The van der Waals surface area contributed by atoms with Crippen molar-refractivity contribution in [3.8, 4) is 0 Å². The van der Waals surface area contributed by atoms with Crippen LogP contribution in [0.15, 0.2) is 12.2 Å². The predicted molar refractivity (Wildman–Crippen MR) is 102 cm³/mol. The van der Waals surface area contributed by atoms with Gasteiger partial charge in [-0.3, -0.25) is 4.57 Å². The summed E-state index contributed by atoms with van der Waals surface area (Å²) in [6, 6.07) is 0. The number of esters is 1. The van der Waals surface area contributed by atoms with Crippen molar-refractivity contribution in [1.82, 2.24) is 0 Å². The van der Waals surface area contributed by atoms with Crippen LogP contribution in [-0.4, -0.2) is 34.7 Å². The van der Waals surface area contributed by atoms with E-state index in [9.17, 15) is 14.5 Å². The number of hydrogen-bond acceptors (Lipinski definition) is 6. The van der Waals surface area contributed by atoms with E-state index in [1.165, 1.54) is 12.5 Å². The van der Waals surface area contributed by atoms with E-state index in [0.29, 0.717) is 0 Å². The molecule has 0 radical (unpaired) electrons. The molecule has 26 heavy (non-hydrogen) atoms. The third-order valence-electron chi connectivity index (χ3n) is 4.01. The molecule has 1 aliphatic rings. The first-order valence-electron chi connectivity index (χ1n) is 9.60. The third-order valence-corrected chi connectivity index (χ3v) is 6.58. The van der Waals surface area contributed by atoms with Gasteiger partial charge in [-0.1, -0.05) is 25.3 Å². The maximum absolute atomic E-state index is 13.5. The predicted octanol–water partition coefficient (Wildman–Crippen LogP) is 4.81. The van der Waals surface area contributed by atoms with Crippen LogP contribution in [0.2, 0.25) is 0 Å². The second-order valence-corrected chi connectivity index (χ2v) is 9.84. The van der Waals surface area contributed by atoms with Crippen molar-refractivity contribution in [2.75, 3.05) is 0 Å². The van der Waals surface area contributed by atoms with E-state index >= 15 is 0 Å². The number of hydrogen-bond donors (Lipinski definition) is 1. The van der Waals surface area contributed by atoms with Crippen molar-refractivity contribution in [3.63, 3.8) is 0 Å². The number of carbonyl (C=O) groups is 1. The molecule has 1 N–H and O–H groups in total. The Morgan fingerprint density at radius 1 is 1.00 bits per heavy atom. The van der Waals surface area contributed by atoms with Crippen LogP contribution in [0.1, 0.15) is 73.6 Å². The molecule has 1 unspecified atom stereocenters. The average molecular weight is 390 g/mol. The lowest BCUT2D eigenvalue weighted by Gasteiger charge is -2.33. The van der Waals surface area contributed by atoms with Gasteiger partial charge in [0.2, 0.25) is 0 Å². The summed E-state index contributed by atoms with van der Waals surface area (Å²) in [6.07, 6.45) is 6.93. The topological polar surface area (TPSA) is 82.1 Å². The SMILES string of the molecule is CC(C)OC(=O)C(O)(/C=C/C1CCCCC1)P(=O)(OC(C)C)OC(C)C. The third kappa shape index (κ3) is 6.49. The zero-order valence-electron chi connectivity index (χ0n) is 16.9. The quantitative estimate of drug-likeness (QED) is 0.346. The lowest BCUT2D eigenvalue weighted by Crippen LogP contribution is -2.41. The fourth-order valence-corrected chi connectivity index (χ4v) is 4.94. The molecule has 1 saturated carbocycles. The first kappa shape index (κ1) is 23.4. The molecule has 1 aliphatic carbocycles. The molecule has 152 valence electrons. The number of carbonyl (C=O) groups excluding carboxylic acids is 1. The van der Waals surface area contributed by atoms with Crippen LogP contribution in [0.5, 0.6) is 0 Å². The van der Waals surface area contributed by atoms with Gasteiger partial charge in [0.15, 0.2) is 0 Å². The molecule has 0 bridgehead atoms. The van der Waals surface area contributed by atoms with E-state index < -0.39 is 37.2 Å². The molecule has 0 aromatic carbocycles. The molecule has 1 atom stereocenters. The molecule has 0 aromatic heterocycles. The summed E-state index contributed by atoms with van der Waals surface area (Å²) in [5.74, 6) is -0.780. The summed E-state index contributed by atoms with van der Waals surface area (Å²) in [5.41, 5.74) is 0. The molecule has 0 spiro atoms. The summed E-state index contributed by atoms with van der Waals surface area (Å²) in [6.45, 7) is 10.0. The Balaban J connectivity index is 3.27. The maximum atomic E-state index is 13.5. The van der Waals surface area contributed by atoms with E-state index in [2.05, 4.69) is 0 Å². The second kappa shape index (κ2) is 10.0. The van der Waals surface area contributed by atoms with E-state index in [1.54, 1.807) is 47.6 Å². The van der Waals surface area contributed by atoms with Gasteiger partial charge in [0.25, 0.3) is 5.34 Å². The smallest absolute Gasteiger partial charge is 0.378 e. The van der Waals surface area contributed by atoms with Crippen molar-refractivity contribution in [2.24, 2.45) is 5.92 Å². The molecule has 0 heterocycles. The van der Waals surface area contributed by atoms with Crippen LogP contribution >= 0.6 is 7.60 Å². The minimum Gasteiger partial charge on any atom is -0.460 e. The van der Waals surface area contributed by atoms with Crippen LogP contribution in [-0.2, 0) is 23.1 Å². The van der Waals surface area contributed by atoms with Gasteiger partial charge in [-0.15, -0.1) is 0 Å². The Kier molecular flexibility index (Phi) is 9.01. The highest BCUT2D eigenvalue weighted by atomic mass is 31.2. The summed E-state index contributed by atoms with van der Waals surface area (Å²) in [7, 11) is -4.24. The normalized spacial score (nSPS) is 19.5. The average Bonchev–Trinajstić information content (AvgIpc) is 2.51. The van der Waals surface area contributed by atoms with Crippen molar-refractivity contribution in [1.29, 1.82) is 0 Å². The summed E-state index contributed by atoms with van der Waals surface area (Å²) < 4.78 is 29.7.